The zero-order valence-electron chi connectivity index (χ0n) is 10.5. The Balaban J connectivity index is 3.37. The van der Waals surface area contributed by atoms with E-state index in [0.29, 0.717) is 5.56 Å². The van der Waals surface area contributed by atoms with Crippen LogP contribution in [0, 0.1) is 17.0 Å². The summed E-state index contributed by atoms with van der Waals surface area (Å²) in [5, 5.41) is 10.7. The lowest BCUT2D eigenvalue weighted by Gasteiger charge is -2.22. The molecule has 0 amide bonds. The van der Waals surface area contributed by atoms with Crippen molar-refractivity contribution in [1.82, 2.24) is 4.98 Å². The summed E-state index contributed by atoms with van der Waals surface area (Å²) in [5.74, 6) is 0. The highest BCUT2D eigenvalue weighted by molar-refractivity contribution is 7.87. The van der Waals surface area contributed by atoms with Gasteiger partial charge in [-0.05, 0) is 26.8 Å². The minimum Gasteiger partial charge on any atom is -0.273 e. The van der Waals surface area contributed by atoms with Crippen LogP contribution in [0.5, 0.6) is 0 Å². The van der Waals surface area contributed by atoms with Gasteiger partial charge >= 0.3 is 0 Å². The van der Waals surface area contributed by atoms with E-state index in [2.05, 4.69) is 9.17 Å². The third-order valence-electron chi connectivity index (χ3n) is 2.74. The average molecular weight is 274 g/mol. The maximum atomic E-state index is 11.8. The van der Waals surface area contributed by atoms with Crippen molar-refractivity contribution in [2.45, 2.75) is 25.5 Å². The predicted molar refractivity (Wildman–Crippen MR) is 64.6 cm³/mol. The number of nitro groups is 1. The molecule has 1 aromatic heterocycles. The van der Waals surface area contributed by atoms with Crippen LogP contribution in [0.2, 0.25) is 0 Å². The van der Waals surface area contributed by atoms with Gasteiger partial charge in [0.25, 0.3) is 15.8 Å². The third kappa shape index (κ3) is 2.34. The Morgan fingerprint density at radius 3 is 2.39 bits per heavy atom. The Morgan fingerprint density at radius 2 is 2.00 bits per heavy atom. The summed E-state index contributed by atoms with van der Waals surface area (Å²) in [6.45, 7) is 4.39. The number of hydrogen-bond acceptors (Lipinski definition) is 6. The van der Waals surface area contributed by atoms with Gasteiger partial charge in [0, 0.05) is 5.56 Å². The van der Waals surface area contributed by atoms with Crippen LogP contribution in [0.3, 0.4) is 0 Å². The lowest BCUT2D eigenvalue weighted by Crippen LogP contribution is -2.31. The average Bonchev–Trinajstić information content (AvgIpc) is 2.28. The fourth-order valence-corrected chi connectivity index (χ4v) is 2.19. The molecule has 0 spiro atoms. The SMILES string of the molecule is COS(=O)(=O)C(C)(C)c1cc(C)c([N+](=O)[O-])cn1. The lowest BCUT2D eigenvalue weighted by atomic mass is 10.1. The Bertz CT molecular complexity index is 580. The summed E-state index contributed by atoms with van der Waals surface area (Å²) in [5.41, 5.74) is 0.404. The quantitative estimate of drug-likeness (QED) is 0.468. The molecule has 0 N–H and O–H groups in total. The van der Waals surface area contributed by atoms with Crippen molar-refractivity contribution in [2.75, 3.05) is 7.11 Å². The Hall–Kier alpha value is -1.54. The molecule has 0 aliphatic carbocycles. The molecule has 0 aliphatic heterocycles. The van der Waals surface area contributed by atoms with Gasteiger partial charge in [-0.1, -0.05) is 0 Å². The van der Waals surface area contributed by atoms with E-state index in [-0.39, 0.29) is 11.4 Å². The smallest absolute Gasteiger partial charge is 0.273 e. The Labute approximate surface area is 105 Å². The van der Waals surface area contributed by atoms with Crippen molar-refractivity contribution in [1.29, 1.82) is 0 Å². The highest BCUT2D eigenvalue weighted by Gasteiger charge is 2.38. The minimum atomic E-state index is -3.83. The first-order valence-electron chi connectivity index (χ1n) is 5.05. The molecule has 0 bridgehead atoms. The number of pyridine rings is 1. The molecule has 0 fully saturated rings. The molecule has 7 nitrogen and oxygen atoms in total. The maximum Gasteiger partial charge on any atom is 0.290 e. The van der Waals surface area contributed by atoms with E-state index in [1.54, 1.807) is 0 Å². The molecule has 0 aromatic carbocycles. The van der Waals surface area contributed by atoms with Gasteiger partial charge in [0.15, 0.2) is 0 Å². The second kappa shape index (κ2) is 4.62. The van der Waals surface area contributed by atoms with Gasteiger partial charge in [0.2, 0.25) is 0 Å². The zero-order valence-corrected chi connectivity index (χ0v) is 11.3. The lowest BCUT2D eigenvalue weighted by molar-refractivity contribution is -0.385. The summed E-state index contributed by atoms with van der Waals surface area (Å²) >= 11 is 0. The number of rotatable bonds is 4. The monoisotopic (exact) mass is 274 g/mol. The molecule has 0 saturated carbocycles. The largest absolute Gasteiger partial charge is 0.290 e. The predicted octanol–water partition coefficient (Wildman–Crippen LogP) is 1.51. The van der Waals surface area contributed by atoms with Crippen LogP contribution < -0.4 is 0 Å². The first-order valence-corrected chi connectivity index (χ1v) is 6.46. The number of aryl methyl sites for hydroxylation is 1. The number of hydrogen-bond donors (Lipinski definition) is 0. The van der Waals surface area contributed by atoms with Crippen molar-refractivity contribution >= 4 is 15.8 Å². The van der Waals surface area contributed by atoms with Crippen molar-refractivity contribution in [2.24, 2.45) is 0 Å². The zero-order chi connectivity index (χ0) is 14.1. The second-order valence-electron chi connectivity index (χ2n) is 4.24. The van der Waals surface area contributed by atoms with Gasteiger partial charge in [-0.3, -0.25) is 19.3 Å². The maximum absolute atomic E-state index is 11.8. The highest BCUT2D eigenvalue weighted by atomic mass is 32.2. The van der Waals surface area contributed by atoms with Gasteiger partial charge in [-0.15, -0.1) is 0 Å². The molecule has 1 rings (SSSR count). The van der Waals surface area contributed by atoms with E-state index in [0.717, 1.165) is 13.3 Å². The number of nitrogens with zero attached hydrogens (tertiary/aromatic N) is 2. The molecule has 1 aromatic rings. The molecule has 0 unspecified atom stereocenters. The minimum absolute atomic E-state index is 0.149. The van der Waals surface area contributed by atoms with Gasteiger partial charge < -0.3 is 0 Å². The molecular formula is C10H14N2O5S. The normalized spacial score (nSPS) is 12.4. The first-order chi connectivity index (χ1) is 8.13. The molecule has 18 heavy (non-hydrogen) atoms. The fourth-order valence-electron chi connectivity index (χ4n) is 1.41. The van der Waals surface area contributed by atoms with Crippen LogP contribution >= 0.6 is 0 Å². The molecule has 1 heterocycles. The van der Waals surface area contributed by atoms with E-state index in [9.17, 15) is 18.5 Å². The fraction of sp³-hybridized carbons (Fsp3) is 0.500. The van der Waals surface area contributed by atoms with E-state index in [1.165, 1.54) is 26.8 Å². The molecular weight excluding hydrogens is 260 g/mol. The molecule has 0 saturated heterocycles. The van der Waals surface area contributed by atoms with Gasteiger partial charge in [0.1, 0.15) is 10.9 Å². The van der Waals surface area contributed by atoms with Crippen LogP contribution in [-0.2, 0) is 19.0 Å². The van der Waals surface area contributed by atoms with Crippen LogP contribution in [0.4, 0.5) is 5.69 Å². The summed E-state index contributed by atoms with van der Waals surface area (Å²) < 4.78 is 26.6. The summed E-state index contributed by atoms with van der Waals surface area (Å²) in [7, 11) is -2.77. The van der Waals surface area contributed by atoms with Crippen LogP contribution in [0.25, 0.3) is 0 Å². The van der Waals surface area contributed by atoms with E-state index >= 15 is 0 Å². The summed E-state index contributed by atoms with van der Waals surface area (Å²) in [6, 6.07) is 1.38. The van der Waals surface area contributed by atoms with Crippen LogP contribution in [0.15, 0.2) is 12.3 Å². The Kier molecular flexibility index (Phi) is 3.72. The van der Waals surface area contributed by atoms with Gasteiger partial charge in [0.05, 0.1) is 17.7 Å². The summed E-state index contributed by atoms with van der Waals surface area (Å²) in [6.07, 6.45) is 1.05. The van der Waals surface area contributed by atoms with E-state index < -0.39 is 19.8 Å². The standard InChI is InChI=1S/C10H14N2O5S/c1-7-5-9(11-6-8(7)12(13)14)10(2,3)18(15,16)17-4/h5-6H,1-4H3. The van der Waals surface area contributed by atoms with Crippen molar-refractivity contribution in [3.63, 3.8) is 0 Å². The summed E-state index contributed by atoms with van der Waals surface area (Å²) in [4.78, 5) is 13.9. The molecule has 8 heteroatoms. The number of aromatic nitrogens is 1. The third-order valence-corrected chi connectivity index (χ3v) is 4.64. The van der Waals surface area contributed by atoms with E-state index in [4.69, 9.17) is 0 Å². The molecule has 0 aliphatic rings. The van der Waals surface area contributed by atoms with Gasteiger partial charge in [-0.2, -0.15) is 8.42 Å². The molecule has 0 radical (unpaired) electrons. The van der Waals surface area contributed by atoms with Gasteiger partial charge in [-0.25, -0.2) is 0 Å². The molecule has 100 valence electrons. The van der Waals surface area contributed by atoms with Crippen molar-refractivity contribution in [3.8, 4) is 0 Å². The van der Waals surface area contributed by atoms with Crippen molar-refractivity contribution in [3.05, 3.63) is 33.6 Å². The first kappa shape index (κ1) is 14.5. The van der Waals surface area contributed by atoms with Crippen LogP contribution in [-0.4, -0.2) is 25.4 Å². The topological polar surface area (TPSA) is 99.4 Å². The van der Waals surface area contributed by atoms with Crippen LogP contribution in [0.1, 0.15) is 25.1 Å². The Morgan fingerprint density at radius 1 is 1.44 bits per heavy atom. The second-order valence-corrected chi connectivity index (χ2v) is 6.51. The molecule has 0 atom stereocenters. The van der Waals surface area contributed by atoms with E-state index in [1.807, 2.05) is 0 Å². The highest BCUT2D eigenvalue weighted by Crippen LogP contribution is 2.31. The van der Waals surface area contributed by atoms with Crippen molar-refractivity contribution < 1.29 is 17.5 Å².